The molecule has 0 fully saturated rings. The van der Waals surface area contributed by atoms with Crippen molar-refractivity contribution in [2.75, 3.05) is 19.5 Å². The first-order valence-corrected chi connectivity index (χ1v) is 7.02. The summed E-state index contributed by atoms with van der Waals surface area (Å²) in [6.07, 6.45) is 0. The summed E-state index contributed by atoms with van der Waals surface area (Å²) < 4.78 is 10.3. The molecule has 0 aliphatic rings. The number of amides is 2. The molecule has 1 atom stereocenters. The Bertz CT molecular complexity index is 527. The van der Waals surface area contributed by atoms with Gasteiger partial charge in [0.05, 0.1) is 14.2 Å². The number of rotatable bonds is 5. The van der Waals surface area contributed by atoms with Gasteiger partial charge in [0.2, 0.25) is 11.8 Å². The summed E-state index contributed by atoms with van der Waals surface area (Å²) in [6.45, 7) is 7.01. The number of hydrogen-bond acceptors (Lipinski definition) is 4. The molecule has 6 nitrogen and oxygen atoms in total. The maximum absolute atomic E-state index is 12.2. The van der Waals surface area contributed by atoms with E-state index in [0.29, 0.717) is 17.2 Å². The van der Waals surface area contributed by atoms with Crippen molar-refractivity contribution in [3.05, 3.63) is 18.2 Å². The molecule has 0 heterocycles. The maximum Gasteiger partial charge on any atom is 0.246 e. The molecular weight excluding hydrogens is 284 g/mol. The van der Waals surface area contributed by atoms with E-state index in [1.165, 1.54) is 14.2 Å². The van der Waals surface area contributed by atoms with Gasteiger partial charge < -0.3 is 20.1 Å². The van der Waals surface area contributed by atoms with E-state index in [9.17, 15) is 9.59 Å². The smallest absolute Gasteiger partial charge is 0.246 e. The van der Waals surface area contributed by atoms with Crippen LogP contribution in [0.5, 0.6) is 11.5 Å². The van der Waals surface area contributed by atoms with Crippen LogP contribution < -0.4 is 20.1 Å². The minimum Gasteiger partial charge on any atom is -0.497 e. The Morgan fingerprint density at radius 3 is 1.95 bits per heavy atom. The van der Waals surface area contributed by atoms with Crippen LogP contribution in [0.2, 0.25) is 0 Å². The second-order valence-corrected chi connectivity index (χ2v) is 6.04. The van der Waals surface area contributed by atoms with Crippen LogP contribution in [0.25, 0.3) is 0 Å². The minimum absolute atomic E-state index is 0.182. The van der Waals surface area contributed by atoms with Crippen molar-refractivity contribution >= 4 is 17.5 Å². The van der Waals surface area contributed by atoms with Crippen molar-refractivity contribution in [1.82, 2.24) is 5.32 Å². The number of methoxy groups -OCH3 is 2. The van der Waals surface area contributed by atoms with E-state index in [1.807, 2.05) is 0 Å². The molecule has 0 saturated heterocycles. The number of anilines is 1. The fourth-order valence-electron chi connectivity index (χ4n) is 1.61. The summed E-state index contributed by atoms with van der Waals surface area (Å²) in [7, 11) is 3.07. The highest BCUT2D eigenvalue weighted by atomic mass is 16.5. The standard InChI is InChI=1S/C16H24N2O4/c1-10(17-15(20)16(2,3)4)14(19)18-11-7-12(21-5)9-13(8-11)22-6/h7-10H,1-6H3,(H,17,20)(H,18,19). The first-order valence-electron chi connectivity index (χ1n) is 7.02. The second kappa shape index (κ2) is 7.15. The van der Waals surface area contributed by atoms with Gasteiger partial charge in [-0.15, -0.1) is 0 Å². The van der Waals surface area contributed by atoms with Crippen molar-refractivity contribution in [2.45, 2.75) is 33.7 Å². The Labute approximate surface area is 131 Å². The summed E-state index contributed by atoms with van der Waals surface area (Å²) in [5.41, 5.74) is -0.00802. The highest BCUT2D eigenvalue weighted by molar-refractivity contribution is 5.97. The third-order valence-electron chi connectivity index (χ3n) is 3.04. The van der Waals surface area contributed by atoms with Gasteiger partial charge in [0.1, 0.15) is 17.5 Å². The molecule has 122 valence electrons. The number of benzene rings is 1. The molecule has 6 heteroatoms. The van der Waals surface area contributed by atoms with E-state index in [4.69, 9.17) is 9.47 Å². The SMILES string of the molecule is COc1cc(NC(=O)C(C)NC(=O)C(C)(C)C)cc(OC)c1. The van der Waals surface area contributed by atoms with E-state index >= 15 is 0 Å². The van der Waals surface area contributed by atoms with Gasteiger partial charge in [-0.3, -0.25) is 9.59 Å². The lowest BCUT2D eigenvalue weighted by Gasteiger charge is -2.21. The minimum atomic E-state index is -0.649. The predicted octanol–water partition coefficient (Wildman–Crippen LogP) is 2.19. The van der Waals surface area contributed by atoms with Crippen LogP contribution in [0.4, 0.5) is 5.69 Å². The van der Waals surface area contributed by atoms with Crippen molar-refractivity contribution in [1.29, 1.82) is 0 Å². The van der Waals surface area contributed by atoms with E-state index in [1.54, 1.807) is 45.9 Å². The van der Waals surface area contributed by atoms with E-state index in [2.05, 4.69) is 10.6 Å². The Hall–Kier alpha value is -2.24. The molecule has 1 aromatic carbocycles. The predicted molar refractivity (Wildman–Crippen MR) is 85.2 cm³/mol. The summed E-state index contributed by atoms with van der Waals surface area (Å²) in [4.78, 5) is 24.1. The van der Waals surface area contributed by atoms with Crippen LogP contribution >= 0.6 is 0 Å². The van der Waals surface area contributed by atoms with Gasteiger partial charge in [0.25, 0.3) is 0 Å². The summed E-state index contributed by atoms with van der Waals surface area (Å²) in [6, 6.07) is 4.42. The Morgan fingerprint density at radius 2 is 1.55 bits per heavy atom. The number of carbonyl (C=O) groups is 2. The number of nitrogens with one attached hydrogen (secondary N) is 2. The molecule has 0 spiro atoms. The molecule has 0 aliphatic carbocycles. The lowest BCUT2D eigenvalue weighted by atomic mass is 9.95. The van der Waals surface area contributed by atoms with Gasteiger partial charge >= 0.3 is 0 Å². The second-order valence-electron chi connectivity index (χ2n) is 6.04. The average Bonchev–Trinajstić information content (AvgIpc) is 2.45. The van der Waals surface area contributed by atoms with Crippen LogP contribution in [0, 0.1) is 5.41 Å². The van der Waals surface area contributed by atoms with Gasteiger partial charge in [-0.25, -0.2) is 0 Å². The fourth-order valence-corrected chi connectivity index (χ4v) is 1.61. The highest BCUT2D eigenvalue weighted by Gasteiger charge is 2.25. The fraction of sp³-hybridized carbons (Fsp3) is 0.500. The third kappa shape index (κ3) is 4.95. The molecule has 0 aromatic heterocycles. The number of ether oxygens (including phenoxy) is 2. The van der Waals surface area contributed by atoms with E-state index in [0.717, 1.165) is 0 Å². The summed E-state index contributed by atoms with van der Waals surface area (Å²) in [5.74, 6) is 0.647. The van der Waals surface area contributed by atoms with Crippen LogP contribution in [0.3, 0.4) is 0 Å². The molecule has 2 N–H and O–H groups in total. The Morgan fingerprint density at radius 1 is 1.05 bits per heavy atom. The molecule has 2 amide bonds. The first kappa shape index (κ1) is 17.8. The van der Waals surface area contributed by atoms with Gasteiger partial charge in [-0.1, -0.05) is 20.8 Å². The van der Waals surface area contributed by atoms with Crippen molar-refractivity contribution in [2.24, 2.45) is 5.41 Å². The molecule has 0 saturated carbocycles. The molecule has 1 rings (SSSR count). The molecule has 0 bridgehead atoms. The monoisotopic (exact) mass is 308 g/mol. The Balaban J connectivity index is 2.78. The zero-order valence-corrected chi connectivity index (χ0v) is 13.9. The number of carbonyl (C=O) groups excluding carboxylic acids is 2. The summed E-state index contributed by atoms with van der Waals surface area (Å²) in [5, 5.41) is 5.42. The van der Waals surface area contributed by atoms with Gasteiger partial charge in [0.15, 0.2) is 0 Å². The van der Waals surface area contributed by atoms with Crippen molar-refractivity contribution < 1.29 is 19.1 Å². The van der Waals surface area contributed by atoms with E-state index < -0.39 is 11.5 Å². The van der Waals surface area contributed by atoms with Crippen LogP contribution in [-0.4, -0.2) is 32.1 Å². The highest BCUT2D eigenvalue weighted by Crippen LogP contribution is 2.25. The normalized spacial score (nSPS) is 12.3. The van der Waals surface area contributed by atoms with Crippen LogP contribution in [-0.2, 0) is 9.59 Å². The zero-order valence-electron chi connectivity index (χ0n) is 13.9. The molecule has 22 heavy (non-hydrogen) atoms. The largest absolute Gasteiger partial charge is 0.497 e. The Kier molecular flexibility index (Phi) is 5.79. The molecule has 0 radical (unpaired) electrons. The molecular formula is C16H24N2O4. The van der Waals surface area contributed by atoms with Gasteiger partial charge in [0, 0.05) is 29.3 Å². The van der Waals surface area contributed by atoms with Gasteiger partial charge in [-0.2, -0.15) is 0 Å². The topological polar surface area (TPSA) is 76.7 Å². The molecule has 1 unspecified atom stereocenters. The lowest BCUT2D eigenvalue weighted by Crippen LogP contribution is -2.46. The molecule has 1 aromatic rings. The summed E-state index contributed by atoms with van der Waals surface area (Å²) >= 11 is 0. The quantitative estimate of drug-likeness (QED) is 0.874. The molecule has 0 aliphatic heterocycles. The van der Waals surface area contributed by atoms with Gasteiger partial charge in [-0.05, 0) is 6.92 Å². The van der Waals surface area contributed by atoms with Crippen LogP contribution in [0.15, 0.2) is 18.2 Å². The van der Waals surface area contributed by atoms with Crippen molar-refractivity contribution in [3.8, 4) is 11.5 Å². The average molecular weight is 308 g/mol. The van der Waals surface area contributed by atoms with Crippen molar-refractivity contribution in [3.63, 3.8) is 0 Å². The lowest BCUT2D eigenvalue weighted by molar-refractivity contribution is -0.131. The maximum atomic E-state index is 12.2. The first-order chi connectivity index (χ1) is 10.2. The van der Waals surface area contributed by atoms with Crippen LogP contribution in [0.1, 0.15) is 27.7 Å². The third-order valence-corrected chi connectivity index (χ3v) is 3.04. The number of hydrogen-bond donors (Lipinski definition) is 2. The van der Waals surface area contributed by atoms with E-state index in [-0.39, 0.29) is 11.8 Å². The zero-order chi connectivity index (χ0) is 16.9.